The first-order valence-corrected chi connectivity index (χ1v) is 10.6. The highest BCUT2D eigenvalue weighted by Crippen LogP contribution is 2.33. The number of carbonyl (C=O) groups excluding carboxylic acids is 3. The molecule has 3 aromatic rings. The van der Waals surface area contributed by atoms with Crippen LogP contribution in [-0.4, -0.2) is 33.7 Å². The monoisotopic (exact) mass is 424 g/mol. The topological polar surface area (TPSA) is 92.3 Å². The molecule has 0 fully saturated rings. The molecular weight excluding hydrogens is 408 g/mol. The van der Waals surface area contributed by atoms with Gasteiger partial charge in [0.15, 0.2) is 4.34 Å². The molecular formula is C20H16N4O3S2. The standard InChI is InChI=1S/C20H16N4O3S2/c1-11-6-5-9-15(12(11)2)21-16(25)10-28-20-23-22-19(29-20)24-17(26)13-7-3-4-8-14(13)18(24)27/h3-9H,10H2,1-2H3,(H,21,25). The summed E-state index contributed by atoms with van der Waals surface area (Å²) < 4.78 is 0.507. The van der Waals surface area contributed by atoms with Crippen LogP contribution in [-0.2, 0) is 4.79 Å². The third-order valence-electron chi connectivity index (χ3n) is 4.59. The number of rotatable bonds is 5. The number of aromatic nitrogens is 2. The van der Waals surface area contributed by atoms with Gasteiger partial charge in [0.05, 0.1) is 16.9 Å². The van der Waals surface area contributed by atoms with E-state index < -0.39 is 11.8 Å². The number of anilines is 2. The number of nitrogens with one attached hydrogen (secondary N) is 1. The van der Waals surface area contributed by atoms with Crippen LogP contribution in [0.15, 0.2) is 46.8 Å². The van der Waals surface area contributed by atoms with Gasteiger partial charge >= 0.3 is 0 Å². The maximum absolute atomic E-state index is 12.5. The summed E-state index contributed by atoms with van der Waals surface area (Å²) in [5.41, 5.74) is 3.61. The van der Waals surface area contributed by atoms with Gasteiger partial charge in [0.2, 0.25) is 11.0 Å². The maximum atomic E-state index is 12.5. The minimum atomic E-state index is -0.411. The van der Waals surface area contributed by atoms with Crippen LogP contribution in [0.5, 0.6) is 0 Å². The van der Waals surface area contributed by atoms with Crippen LogP contribution in [0.25, 0.3) is 0 Å². The van der Waals surface area contributed by atoms with Gasteiger partial charge in [-0.25, -0.2) is 4.90 Å². The molecule has 2 heterocycles. The third-order valence-corrected chi connectivity index (χ3v) is 6.63. The van der Waals surface area contributed by atoms with Crippen molar-refractivity contribution in [1.82, 2.24) is 10.2 Å². The number of benzene rings is 2. The smallest absolute Gasteiger partial charge is 0.268 e. The van der Waals surface area contributed by atoms with Crippen molar-refractivity contribution >= 4 is 51.6 Å². The molecule has 0 aliphatic carbocycles. The number of hydrogen-bond donors (Lipinski definition) is 1. The Bertz CT molecular complexity index is 1110. The van der Waals surface area contributed by atoms with E-state index in [2.05, 4.69) is 15.5 Å². The van der Waals surface area contributed by atoms with Crippen molar-refractivity contribution in [3.63, 3.8) is 0 Å². The highest BCUT2D eigenvalue weighted by atomic mass is 32.2. The van der Waals surface area contributed by atoms with Crippen LogP contribution < -0.4 is 10.2 Å². The van der Waals surface area contributed by atoms with E-state index in [-0.39, 0.29) is 16.8 Å². The molecule has 1 N–H and O–H groups in total. The summed E-state index contributed by atoms with van der Waals surface area (Å²) in [6.07, 6.45) is 0. The summed E-state index contributed by atoms with van der Waals surface area (Å²) in [6, 6.07) is 12.4. The van der Waals surface area contributed by atoms with Gasteiger partial charge in [-0.2, -0.15) is 0 Å². The second kappa shape index (κ2) is 7.76. The molecule has 3 amide bonds. The summed E-state index contributed by atoms with van der Waals surface area (Å²) in [5, 5.41) is 11.1. The van der Waals surface area contributed by atoms with Crippen LogP contribution in [0.1, 0.15) is 31.8 Å². The zero-order valence-corrected chi connectivity index (χ0v) is 17.3. The van der Waals surface area contributed by atoms with Gasteiger partial charge in [-0.15, -0.1) is 10.2 Å². The van der Waals surface area contributed by atoms with Crippen LogP contribution in [0.4, 0.5) is 10.8 Å². The second-order valence-corrected chi connectivity index (χ2v) is 8.60. The molecule has 146 valence electrons. The largest absolute Gasteiger partial charge is 0.325 e. The fraction of sp³-hybridized carbons (Fsp3) is 0.150. The number of carbonyl (C=O) groups is 3. The first-order valence-electron chi connectivity index (χ1n) is 8.76. The van der Waals surface area contributed by atoms with Crippen LogP contribution in [0.3, 0.4) is 0 Å². The fourth-order valence-electron chi connectivity index (χ4n) is 2.91. The van der Waals surface area contributed by atoms with Gasteiger partial charge in [0.25, 0.3) is 11.8 Å². The summed E-state index contributed by atoms with van der Waals surface area (Å²) in [6.45, 7) is 3.94. The second-order valence-electron chi connectivity index (χ2n) is 6.43. The Balaban J connectivity index is 1.41. The van der Waals surface area contributed by atoms with Gasteiger partial charge < -0.3 is 5.32 Å². The number of nitrogens with zero attached hydrogens (tertiary/aromatic N) is 3. The van der Waals surface area contributed by atoms with E-state index in [0.29, 0.717) is 15.5 Å². The Hall–Kier alpha value is -3.04. The molecule has 2 aromatic carbocycles. The van der Waals surface area contributed by atoms with Crippen LogP contribution in [0, 0.1) is 13.8 Å². The molecule has 0 atom stereocenters. The molecule has 4 rings (SSSR count). The van der Waals surface area contributed by atoms with E-state index in [0.717, 1.165) is 33.1 Å². The zero-order valence-electron chi connectivity index (χ0n) is 15.6. The Morgan fingerprint density at radius 1 is 1.03 bits per heavy atom. The first kappa shape index (κ1) is 19.3. The SMILES string of the molecule is Cc1cccc(NC(=O)CSc2nnc(N3C(=O)c4ccccc4C3=O)s2)c1C. The average molecular weight is 425 g/mol. The van der Waals surface area contributed by atoms with E-state index in [1.54, 1.807) is 24.3 Å². The van der Waals surface area contributed by atoms with Crippen molar-refractivity contribution < 1.29 is 14.4 Å². The van der Waals surface area contributed by atoms with E-state index in [1.807, 2.05) is 32.0 Å². The van der Waals surface area contributed by atoms with Gasteiger partial charge in [-0.1, -0.05) is 47.4 Å². The van der Waals surface area contributed by atoms with Crippen molar-refractivity contribution in [3.8, 4) is 0 Å². The predicted octanol–water partition coefficient (Wildman–Crippen LogP) is 3.69. The third kappa shape index (κ3) is 3.66. The fourth-order valence-corrected chi connectivity index (χ4v) is 4.55. The van der Waals surface area contributed by atoms with Gasteiger partial charge in [-0.05, 0) is 43.2 Å². The zero-order chi connectivity index (χ0) is 20.5. The molecule has 1 aliphatic rings. The highest BCUT2D eigenvalue weighted by molar-refractivity contribution is 8.01. The van der Waals surface area contributed by atoms with Crippen molar-refractivity contribution in [2.24, 2.45) is 0 Å². The first-order chi connectivity index (χ1) is 14.0. The minimum Gasteiger partial charge on any atom is -0.325 e. The van der Waals surface area contributed by atoms with Crippen LogP contribution >= 0.6 is 23.1 Å². The molecule has 0 bridgehead atoms. The number of amides is 3. The maximum Gasteiger partial charge on any atom is 0.268 e. The lowest BCUT2D eigenvalue weighted by atomic mass is 10.1. The van der Waals surface area contributed by atoms with Crippen molar-refractivity contribution in [3.05, 3.63) is 64.7 Å². The van der Waals surface area contributed by atoms with Gasteiger partial charge in [-0.3, -0.25) is 14.4 Å². The molecule has 29 heavy (non-hydrogen) atoms. The van der Waals surface area contributed by atoms with Crippen molar-refractivity contribution in [1.29, 1.82) is 0 Å². The molecule has 1 aromatic heterocycles. The molecule has 0 radical (unpaired) electrons. The van der Waals surface area contributed by atoms with Crippen molar-refractivity contribution in [2.45, 2.75) is 18.2 Å². The number of aryl methyl sites for hydroxylation is 1. The summed E-state index contributed by atoms with van der Waals surface area (Å²) in [7, 11) is 0. The molecule has 9 heteroatoms. The highest BCUT2D eigenvalue weighted by Gasteiger charge is 2.38. The normalized spacial score (nSPS) is 13.0. The van der Waals surface area contributed by atoms with Crippen LogP contribution in [0.2, 0.25) is 0 Å². The summed E-state index contributed by atoms with van der Waals surface area (Å²) in [4.78, 5) is 38.3. The Kier molecular flexibility index (Phi) is 5.16. The van der Waals surface area contributed by atoms with E-state index in [9.17, 15) is 14.4 Å². The summed E-state index contributed by atoms with van der Waals surface area (Å²) in [5.74, 6) is -0.845. The average Bonchev–Trinajstić information content (AvgIpc) is 3.27. The van der Waals surface area contributed by atoms with Gasteiger partial charge in [0.1, 0.15) is 0 Å². The molecule has 0 saturated heterocycles. The lowest BCUT2D eigenvalue weighted by Gasteiger charge is -2.09. The predicted molar refractivity (Wildman–Crippen MR) is 113 cm³/mol. The molecule has 0 saturated carbocycles. The van der Waals surface area contributed by atoms with E-state index >= 15 is 0 Å². The Morgan fingerprint density at radius 2 is 1.72 bits per heavy atom. The molecule has 7 nitrogen and oxygen atoms in total. The Labute approximate surface area is 175 Å². The lowest BCUT2D eigenvalue weighted by molar-refractivity contribution is -0.113. The number of hydrogen-bond acceptors (Lipinski definition) is 7. The molecule has 1 aliphatic heterocycles. The van der Waals surface area contributed by atoms with Crippen molar-refractivity contribution in [2.75, 3.05) is 16.0 Å². The molecule has 0 unspecified atom stereocenters. The lowest BCUT2D eigenvalue weighted by Crippen LogP contribution is -2.29. The quantitative estimate of drug-likeness (QED) is 0.382. The minimum absolute atomic E-state index is 0.143. The summed E-state index contributed by atoms with van der Waals surface area (Å²) >= 11 is 2.31. The Morgan fingerprint density at radius 3 is 2.41 bits per heavy atom. The number of imide groups is 1. The van der Waals surface area contributed by atoms with E-state index in [4.69, 9.17) is 0 Å². The number of thioether (sulfide) groups is 1. The number of fused-ring (bicyclic) bond motifs is 1. The molecule has 0 spiro atoms. The van der Waals surface area contributed by atoms with Gasteiger partial charge in [0, 0.05) is 5.69 Å². The van der Waals surface area contributed by atoms with E-state index in [1.165, 1.54) is 11.8 Å².